The molecule has 1 heterocycles. The van der Waals surface area contributed by atoms with Gasteiger partial charge in [-0.15, -0.1) is 11.3 Å². The molecule has 0 N–H and O–H groups in total. The molecule has 0 aliphatic carbocycles. The lowest BCUT2D eigenvalue weighted by atomic mass is 10.3. The standard InChI is InChI=1S/C10H4O2S/c11-6-4-8-9(10(6)12)5-2-1-3-7(5)13-8/h1-4H. The minimum Gasteiger partial charge on any atom is -0.285 e. The van der Waals surface area contributed by atoms with Crippen LogP contribution in [0.3, 0.4) is 0 Å². The number of thiophene rings is 1. The molecule has 0 bridgehead atoms. The molecule has 13 heavy (non-hydrogen) atoms. The summed E-state index contributed by atoms with van der Waals surface area (Å²) < 4.78 is 1.91. The van der Waals surface area contributed by atoms with Gasteiger partial charge in [-0.3, -0.25) is 9.59 Å². The van der Waals surface area contributed by atoms with E-state index in [-0.39, 0.29) is 10.9 Å². The van der Waals surface area contributed by atoms with Crippen LogP contribution in [0.4, 0.5) is 0 Å². The van der Waals surface area contributed by atoms with Gasteiger partial charge in [-0.05, 0) is 6.07 Å². The highest BCUT2D eigenvalue weighted by Gasteiger charge is 2.12. The van der Waals surface area contributed by atoms with Gasteiger partial charge in [-0.2, -0.15) is 0 Å². The molecule has 0 fully saturated rings. The van der Waals surface area contributed by atoms with E-state index in [9.17, 15) is 9.59 Å². The number of hydrogen-bond donors (Lipinski definition) is 0. The average molecular weight is 188 g/mol. The van der Waals surface area contributed by atoms with Gasteiger partial charge in [0.25, 0.3) is 0 Å². The fourth-order valence-electron chi connectivity index (χ4n) is 1.65. The number of hydrogen-bond acceptors (Lipinski definition) is 3. The smallest absolute Gasteiger partial charge is 0.235 e. The maximum atomic E-state index is 11.4. The summed E-state index contributed by atoms with van der Waals surface area (Å²) in [6.07, 6.45) is 0. The Morgan fingerprint density at radius 1 is 1.08 bits per heavy atom. The summed E-state index contributed by atoms with van der Waals surface area (Å²) in [5, 5.41) is 1.53. The van der Waals surface area contributed by atoms with E-state index < -0.39 is 0 Å². The Hall–Kier alpha value is -1.48. The molecule has 0 spiro atoms. The fraction of sp³-hybridized carbons (Fsp3) is 0. The predicted octanol–water partition coefficient (Wildman–Crippen LogP) is 1.65. The summed E-state index contributed by atoms with van der Waals surface area (Å²) >= 11 is 1.50. The second kappa shape index (κ2) is 2.06. The molecule has 3 aromatic rings. The zero-order valence-corrected chi connectivity index (χ0v) is 7.35. The molecule has 3 heteroatoms. The summed E-state index contributed by atoms with van der Waals surface area (Å²) in [6, 6.07) is 7.18. The molecule has 2 aromatic carbocycles. The first-order valence-corrected chi connectivity index (χ1v) is 4.70. The zero-order chi connectivity index (χ0) is 9.00. The second-order valence-electron chi connectivity index (χ2n) is 2.98. The monoisotopic (exact) mass is 188 g/mol. The molecule has 0 amide bonds. The maximum Gasteiger partial charge on any atom is 0.235 e. The SMILES string of the molecule is O=c1cc2sc3cccc3c2c1=O. The van der Waals surface area contributed by atoms with Crippen LogP contribution in [0.5, 0.6) is 0 Å². The Kier molecular flexibility index (Phi) is 1.10. The van der Waals surface area contributed by atoms with Crippen molar-refractivity contribution in [3.05, 3.63) is 44.7 Å². The Morgan fingerprint density at radius 3 is 2.77 bits per heavy atom. The normalized spacial score (nSPS) is 11.7. The Morgan fingerprint density at radius 2 is 1.92 bits per heavy atom. The molecule has 0 atom stereocenters. The molecule has 0 aliphatic heterocycles. The third-order valence-corrected chi connectivity index (χ3v) is 3.34. The molecule has 62 valence electrons. The molecule has 0 unspecified atom stereocenters. The second-order valence-corrected chi connectivity index (χ2v) is 4.07. The van der Waals surface area contributed by atoms with Crippen molar-refractivity contribution in [2.24, 2.45) is 0 Å². The van der Waals surface area contributed by atoms with Gasteiger partial charge in [0.1, 0.15) is 0 Å². The van der Waals surface area contributed by atoms with Crippen LogP contribution in [0.2, 0.25) is 0 Å². The van der Waals surface area contributed by atoms with Crippen LogP contribution in [-0.4, -0.2) is 0 Å². The highest BCUT2D eigenvalue weighted by Crippen LogP contribution is 2.31. The minimum atomic E-state index is -0.385. The van der Waals surface area contributed by atoms with Gasteiger partial charge in [0.15, 0.2) is 0 Å². The largest absolute Gasteiger partial charge is 0.285 e. The quantitative estimate of drug-likeness (QED) is 0.503. The Balaban J connectivity index is 2.82. The van der Waals surface area contributed by atoms with E-state index in [4.69, 9.17) is 0 Å². The highest BCUT2D eigenvalue weighted by molar-refractivity contribution is 7.25. The zero-order valence-electron chi connectivity index (χ0n) is 6.53. The molecule has 0 radical (unpaired) electrons. The minimum absolute atomic E-state index is 0.354. The molecule has 3 rings (SSSR count). The van der Waals surface area contributed by atoms with E-state index in [1.165, 1.54) is 17.4 Å². The van der Waals surface area contributed by atoms with E-state index in [1.807, 2.05) is 18.2 Å². The number of fused-ring (bicyclic) bond motifs is 3. The van der Waals surface area contributed by atoms with E-state index in [1.54, 1.807) is 0 Å². The van der Waals surface area contributed by atoms with Crippen LogP contribution in [-0.2, 0) is 0 Å². The molecular weight excluding hydrogens is 184 g/mol. The van der Waals surface area contributed by atoms with Gasteiger partial charge in [0.2, 0.25) is 10.9 Å². The predicted molar refractivity (Wildman–Crippen MR) is 54.2 cm³/mol. The molecule has 1 aromatic heterocycles. The van der Waals surface area contributed by atoms with Crippen LogP contribution in [0.1, 0.15) is 0 Å². The first-order valence-electron chi connectivity index (χ1n) is 3.89. The van der Waals surface area contributed by atoms with Gasteiger partial charge < -0.3 is 0 Å². The van der Waals surface area contributed by atoms with E-state index >= 15 is 0 Å². The summed E-state index contributed by atoms with van der Waals surface area (Å²) in [5.41, 5.74) is -0.739. The van der Waals surface area contributed by atoms with Crippen LogP contribution in [0, 0.1) is 0 Å². The lowest BCUT2D eigenvalue weighted by molar-refractivity contribution is 1.64. The van der Waals surface area contributed by atoms with Crippen molar-refractivity contribution >= 4 is 31.5 Å². The Labute approximate surface area is 76.7 Å². The van der Waals surface area contributed by atoms with Crippen LogP contribution in [0.25, 0.3) is 20.2 Å². The van der Waals surface area contributed by atoms with Gasteiger partial charge in [0, 0.05) is 20.9 Å². The third-order valence-electron chi connectivity index (χ3n) is 2.22. The van der Waals surface area contributed by atoms with E-state index in [0.29, 0.717) is 5.39 Å². The van der Waals surface area contributed by atoms with Crippen molar-refractivity contribution < 1.29 is 0 Å². The van der Waals surface area contributed by atoms with Crippen LogP contribution < -0.4 is 10.9 Å². The summed E-state index contributed by atoms with van der Waals surface area (Å²) in [7, 11) is 0. The average Bonchev–Trinajstić information content (AvgIpc) is 2.66. The lowest BCUT2D eigenvalue weighted by Crippen LogP contribution is -2.15. The molecule has 2 nitrogen and oxygen atoms in total. The highest BCUT2D eigenvalue weighted by atomic mass is 32.1. The van der Waals surface area contributed by atoms with Crippen molar-refractivity contribution in [2.45, 2.75) is 0 Å². The van der Waals surface area contributed by atoms with Crippen molar-refractivity contribution in [2.75, 3.05) is 0 Å². The summed E-state index contributed by atoms with van der Waals surface area (Å²) in [6.45, 7) is 0. The summed E-state index contributed by atoms with van der Waals surface area (Å²) in [4.78, 5) is 22.5. The van der Waals surface area contributed by atoms with Crippen molar-refractivity contribution in [1.29, 1.82) is 0 Å². The molecular formula is C10H4O2S. The first-order chi connectivity index (χ1) is 6.27. The maximum absolute atomic E-state index is 11.4. The number of rotatable bonds is 0. The Bertz CT molecular complexity index is 684. The molecule has 0 saturated heterocycles. The molecule has 0 aliphatic rings. The lowest BCUT2D eigenvalue weighted by Gasteiger charge is -1.72. The molecule has 0 saturated carbocycles. The van der Waals surface area contributed by atoms with Gasteiger partial charge >= 0.3 is 0 Å². The van der Waals surface area contributed by atoms with Crippen molar-refractivity contribution in [3.8, 4) is 0 Å². The van der Waals surface area contributed by atoms with Crippen molar-refractivity contribution in [3.63, 3.8) is 0 Å². The fourth-order valence-corrected chi connectivity index (χ4v) is 2.78. The van der Waals surface area contributed by atoms with Gasteiger partial charge in [-0.1, -0.05) is 12.1 Å². The summed E-state index contributed by atoms with van der Waals surface area (Å²) in [5.74, 6) is 0. The topological polar surface area (TPSA) is 34.1 Å². The van der Waals surface area contributed by atoms with Crippen molar-refractivity contribution in [1.82, 2.24) is 0 Å². The third kappa shape index (κ3) is 0.722. The van der Waals surface area contributed by atoms with E-state index in [2.05, 4.69) is 0 Å². The van der Waals surface area contributed by atoms with Gasteiger partial charge in [-0.25, -0.2) is 0 Å². The van der Waals surface area contributed by atoms with Gasteiger partial charge in [0.05, 0.1) is 5.39 Å². The van der Waals surface area contributed by atoms with E-state index in [0.717, 1.165) is 14.8 Å². The first kappa shape index (κ1) is 6.97. The van der Waals surface area contributed by atoms with Crippen LogP contribution in [0.15, 0.2) is 33.9 Å². The van der Waals surface area contributed by atoms with Crippen LogP contribution >= 0.6 is 11.3 Å².